The molecule has 0 bridgehead atoms. The third kappa shape index (κ3) is 6.71. The van der Waals surface area contributed by atoms with Crippen LogP contribution in [0.5, 0.6) is 0 Å². The quantitative estimate of drug-likeness (QED) is 0.586. The summed E-state index contributed by atoms with van der Waals surface area (Å²) in [6.07, 6.45) is -4.60. The van der Waals surface area contributed by atoms with Gasteiger partial charge in [-0.25, -0.2) is 8.78 Å². The van der Waals surface area contributed by atoms with Gasteiger partial charge in [0.05, 0.1) is 12.6 Å². The lowest BCUT2D eigenvalue weighted by Crippen LogP contribution is -2.34. The first-order valence-corrected chi connectivity index (χ1v) is 8.90. The molecule has 2 rings (SSSR count). The average molecular weight is 429 g/mol. The molecule has 0 radical (unpaired) electrons. The number of nitrogens with one attached hydrogen (secondary N) is 3. The number of benzene rings is 2. The fourth-order valence-electron chi connectivity index (χ4n) is 2.58. The first kappa shape index (κ1) is 23.1. The van der Waals surface area contributed by atoms with Gasteiger partial charge in [0.15, 0.2) is 0 Å². The van der Waals surface area contributed by atoms with Crippen LogP contribution in [0.25, 0.3) is 0 Å². The van der Waals surface area contributed by atoms with Gasteiger partial charge in [0.1, 0.15) is 18.2 Å². The van der Waals surface area contributed by atoms with Gasteiger partial charge in [0.25, 0.3) is 5.91 Å². The van der Waals surface area contributed by atoms with E-state index in [0.717, 1.165) is 6.07 Å². The minimum absolute atomic E-state index is 0.0942. The molecule has 3 N–H and O–H groups in total. The van der Waals surface area contributed by atoms with Crippen molar-refractivity contribution in [1.82, 2.24) is 10.6 Å². The highest BCUT2D eigenvalue weighted by molar-refractivity contribution is 5.95. The normalized spacial score (nSPS) is 12.2. The highest BCUT2D eigenvalue weighted by Crippen LogP contribution is 2.21. The van der Waals surface area contributed by atoms with Crippen LogP contribution in [-0.2, 0) is 4.79 Å². The third-order valence-electron chi connectivity index (χ3n) is 4.24. The lowest BCUT2D eigenvalue weighted by Gasteiger charge is -2.16. The molecule has 10 heteroatoms. The molecule has 0 aliphatic rings. The van der Waals surface area contributed by atoms with Crippen molar-refractivity contribution in [2.45, 2.75) is 26.1 Å². The Morgan fingerprint density at radius 3 is 2.30 bits per heavy atom. The van der Waals surface area contributed by atoms with E-state index in [1.54, 1.807) is 12.2 Å². The van der Waals surface area contributed by atoms with Crippen molar-refractivity contribution in [2.24, 2.45) is 0 Å². The average Bonchev–Trinajstić information content (AvgIpc) is 2.67. The molecule has 5 nitrogen and oxygen atoms in total. The van der Waals surface area contributed by atoms with E-state index in [1.807, 2.05) is 0 Å². The number of carbonyl (C=O) groups excluding carboxylic acids is 2. The van der Waals surface area contributed by atoms with Crippen molar-refractivity contribution in [1.29, 1.82) is 0 Å². The zero-order valence-corrected chi connectivity index (χ0v) is 16.2. The van der Waals surface area contributed by atoms with Crippen LogP contribution >= 0.6 is 0 Å². The minimum Gasteiger partial charge on any atom is -0.376 e. The lowest BCUT2D eigenvalue weighted by molar-refractivity contribution is -0.123. The maximum absolute atomic E-state index is 14.1. The highest BCUT2D eigenvalue weighted by Gasteiger charge is 2.28. The first-order valence-electron chi connectivity index (χ1n) is 8.90. The van der Waals surface area contributed by atoms with Crippen molar-refractivity contribution < 1.29 is 31.5 Å². The van der Waals surface area contributed by atoms with Crippen molar-refractivity contribution in [3.05, 3.63) is 64.7 Å². The lowest BCUT2D eigenvalue weighted by atomic mass is 10.1. The second-order valence-electron chi connectivity index (χ2n) is 6.62. The molecule has 30 heavy (non-hydrogen) atoms. The van der Waals surface area contributed by atoms with E-state index >= 15 is 0 Å². The van der Waals surface area contributed by atoms with E-state index in [1.165, 1.54) is 37.3 Å². The Kier molecular flexibility index (Phi) is 7.36. The van der Waals surface area contributed by atoms with Gasteiger partial charge < -0.3 is 16.0 Å². The molecule has 1 unspecified atom stereocenters. The summed E-state index contributed by atoms with van der Waals surface area (Å²) in [5.74, 6) is -2.77. The van der Waals surface area contributed by atoms with Crippen molar-refractivity contribution in [3.63, 3.8) is 0 Å². The molecule has 0 aliphatic carbocycles. The fraction of sp³-hybridized carbons (Fsp3) is 0.300. The monoisotopic (exact) mass is 429 g/mol. The summed E-state index contributed by atoms with van der Waals surface area (Å²) in [6.45, 7) is 1.27. The predicted octanol–water partition coefficient (Wildman–Crippen LogP) is 3.85. The van der Waals surface area contributed by atoms with Gasteiger partial charge in [-0.2, -0.15) is 13.2 Å². The molecule has 0 saturated carbocycles. The summed E-state index contributed by atoms with van der Waals surface area (Å²) in [4.78, 5) is 24.0. The summed E-state index contributed by atoms with van der Waals surface area (Å²) in [7, 11) is 0. The Hall–Kier alpha value is -3.17. The van der Waals surface area contributed by atoms with Gasteiger partial charge in [-0.05, 0) is 43.7 Å². The van der Waals surface area contributed by atoms with Gasteiger partial charge in [-0.15, -0.1) is 0 Å². The molecule has 2 aromatic carbocycles. The number of hydrogen-bond donors (Lipinski definition) is 3. The molecule has 2 amide bonds. The fourth-order valence-corrected chi connectivity index (χ4v) is 2.58. The van der Waals surface area contributed by atoms with Crippen LogP contribution < -0.4 is 16.0 Å². The summed E-state index contributed by atoms with van der Waals surface area (Å²) in [5, 5.41) is 7.01. The molecule has 0 saturated heterocycles. The van der Waals surface area contributed by atoms with Crippen LogP contribution in [0.3, 0.4) is 0 Å². The predicted molar refractivity (Wildman–Crippen MR) is 101 cm³/mol. The first-order chi connectivity index (χ1) is 14.0. The van der Waals surface area contributed by atoms with Crippen LogP contribution in [0.4, 0.5) is 27.6 Å². The smallest absolute Gasteiger partial charge is 0.376 e. The molecule has 2 aromatic rings. The number of anilines is 1. The van der Waals surface area contributed by atoms with Gasteiger partial charge in [0, 0.05) is 16.8 Å². The molecule has 162 valence electrons. The largest absolute Gasteiger partial charge is 0.405 e. The second-order valence-corrected chi connectivity index (χ2v) is 6.62. The molecule has 0 aromatic heterocycles. The van der Waals surface area contributed by atoms with E-state index in [2.05, 4.69) is 10.6 Å². The number of hydrogen-bond acceptors (Lipinski definition) is 3. The zero-order valence-electron chi connectivity index (χ0n) is 16.2. The number of rotatable bonds is 7. The van der Waals surface area contributed by atoms with Crippen molar-refractivity contribution in [2.75, 3.05) is 18.4 Å². The molecular weight excluding hydrogens is 409 g/mol. The molecule has 0 aliphatic heterocycles. The number of carbonyl (C=O) groups is 2. The Bertz CT molecular complexity index is 914. The van der Waals surface area contributed by atoms with Gasteiger partial charge in [-0.1, -0.05) is 12.1 Å². The van der Waals surface area contributed by atoms with Crippen molar-refractivity contribution in [3.8, 4) is 0 Å². The standard InChI is InChI=1S/C20H20F5N3O2/c1-11-16(22)7-14(19(30)27-10-20(23,24)25)8-17(11)26-9-18(29)28-12(2)13-3-5-15(21)6-4-13/h3-8,12,26H,9-10H2,1-2H3,(H,27,30)(H,28,29). The Labute approximate surface area is 169 Å². The molecule has 1 atom stereocenters. The maximum Gasteiger partial charge on any atom is 0.405 e. The van der Waals surface area contributed by atoms with E-state index in [0.29, 0.717) is 5.56 Å². The van der Waals surface area contributed by atoms with Crippen LogP contribution in [0, 0.1) is 18.6 Å². The summed E-state index contributed by atoms with van der Waals surface area (Å²) in [6, 6.07) is 7.14. The van der Waals surface area contributed by atoms with E-state index in [4.69, 9.17) is 0 Å². The SMILES string of the molecule is Cc1c(F)cc(C(=O)NCC(F)(F)F)cc1NCC(=O)NC(C)c1ccc(F)cc1. The zero-order chi connectivity index (χ0) is 22.5. The van der Waals surface area contributed by atoms with Gasteiger partial charge >= 0.3 is 6.18 Å². The Morgan fingerprint density at radius 1 is 1.07 bits per heavy atom. The van der Waals surface area contributed by atoms with E-state index in [9.17, 15) is 31.5 Å². The number of alkyl halides is 3. The Balaban J connectivity index is 2.01. The Morgan fingerprint density at radius 2 is 1.70 bits per heavy atom. The molecular formula is C20H20F5N3O2. The van der Waals surface area contributed by atoms with Crippen LogP contribution in [0.2, 0.25) is 0 Å². The molecule has 0 heterocycles. The van der Waals surface area contributed by atoms with E-state index in [-0.39, 0.29) is 23.4 Å². The van der Waals surface area contributed by atoms with Crippen LogP contribution in [-0.4, -0.2) is 31.1 Å². The minimum atomic E-state index is -4.60. The maximum atomic E-state index is 14.1. The summed E-state index contributed by atoms with van der Waals surface area (Å²) >= 11 is 0. The summed E-state index contributed by atoms with van der Waals surface area (Å²) < 4.78 is 63.8. The summed E-state index contributed by atoms with van der Waals surface area (Å²) in [5.41, 5.74) is 0.554. The van der Waals surface area contributed by atoms with Gasteiger partial charge in [-0.3, -0.25) is 9.59 Å². The molecule has 0 spiro atoms. The third-order valence-corrected chi connectivity index (χ3v) is 4.24. The highest BCUT2D eigenvalue weighted by atomic mass is 19.4. The van der Waals surface area contributed by atoms with Crippen molar-refractivity contribution >= 4 is 17.5 Å². The van der Waals surface area contributed by atoms with E-state index < -0.39 is 42.2 Å². The number of amides is 2. The van der Waals surface area contributed by atoms with Gasteiger partial charge in [0.2, 0.25) is 5.91 Å². The molecule has 0 fully saturated rings. The second kappa shape index (κ2) is 9.55. The van der Waals surface area contributed by atoms with Crippen LogP contribution in [0.15, 0.2) is 36.4 Å². The van der Waals surface area contributed by atoms with Crippen LogP contribution in [0.1, 0.15) is 34.5 Å². The topological polar surface area (TPSA) is 70.2 Å². The number of halogens is 5.